The maximum absolute atomic E-state index is 13.0. The molecule has 1 amide bonds. The Morgan fingerprint density at radius 3 is 2.43 bits per heavy atom. The average Bonchev–Trinajstić information content (AvgIpc) is 2.92. The van der Waals surface area contributed by atoms with Crippen molar-refractivity contribution in [2.24, 2.45) is 0 Å². The fourth-order valence-corrected chi connectivity index (χ4v) is 5.45. The Kier molecular flexibility index (Phi) is 8.80. The molecule has 0 bridgehead atoms. The van der Waals surface area contributed by atoms with E-state index in [0.29, 0.717) is 18.2 Å². The van der Waals surface area contributed by atoms with Gasteiger partial charge < -0.3 is 9.80 Å². The van der Waals surface area contributed by atoms with E-state index < -0.39 is 0 Å². The second-order valence-corrected chi connectivity index (χ2v) is 10.3. The molecule has 0 aliphatic heterocycles. The molecule has 0 saturated heterocycles. The highest BCUT2D eigenvalue weighted by atomic mass is 32.2. The molecule has 0 radical (unpaired) electrons. The monoisotopic (exact) mass is 488 g/mol. The first-order valence-corrected chi connectivity index (χ1v) is 13.6. The summed E-state index contributed by atoms with van der Waals surface area (Å²) in [6, 6.07) is 20.7. The van der Waals surface area contributed by atoms with E-state index in [-0.39, 0.29) is 5.91 Å². The first kappa shape index (κ1) is 25.2. The van der Waals surface area contributed by atoms with Crippen molar-refractivity contribution in [1.82, 2.24) is 14.9 Å². The zero-order valence-corrected chi connectivity index (χ0v) is 21.9. The lowest BCUT2D eigenvalue weighted by Crippen LogP contribution is -2.34. The topological polar surface area (TPSA) is 49.3 Å². The number of anilines is 1. The molecule has 4 rings (SSSR count). The van der Waals surface area contributed by atoms with Gasteiger partial charge in [-0.1, -0.05) is 80.4 Å². The van der Waals surface area contributed by atoms with Gasteiger partial charge >= 0.3 is 0 Å². The number of nitrogens with zero attached hydrogens (tertiary/aromatic N) is 4. The van der Waals surface area contributed by atoms with Crippen molar-refractivity contribution >= 4 is 23.5 Å². The van der Waals surface area contributed by atoms with Gasteiger partial charge in [0.25, 0.3) is 5.91 Å². The molecule has 1 fully saturated rings. The summed E-state index contributed by atoms with van der Waals surface area (Å²) in [5.41, 5.74) is 4.01. The molecular weight excluding hydrogens is 452 g/mol. The van der Waals surface area contributed by atoms with Gasteiger partial charge in [0, 0.05) is 49.8 Å². The molecule has 0 unspecified atom stereocenters. The van der Waals surface area contributed by atoms with Gasteiger partial charge in [0.1, 0.15) is 5.82 Å². The molecule has 1 saturated carbocycles. The van der Waals surface area contributed by atoms with E-state index in [2.05, 4.69) is 31.0 Å². The van der Waals surface area contributed by atoms with E-state index in [0.717, 1.165) is 40.0 Å². The van der Waals surface area contributed by atoms with Gasteiger partial charge in [-0.05, 0) is 42.5 Å². The van der Waals surface area contributed by atoms with Crippen LogP contribution in [0.3, 0.4) is 0 Å². The number of amides is 1. The lowest BCUT2D eigenvalue weighted by molar-refractivity contribution is 0.0785. The van der Waals surface area contributed by atoms with Gasteiger partial charge in [-0.3, -0.25) is 4.79 Å². The average molecular weight is 489 g/mol. The first-order chi connectivity index (χ1) is 17.0. The van der Waals surface area contributed by atoms with Crippen molar-refractivity contribution in [1.29, 1.82) is 0 Å². The molecule has 1 heterocycles. The highest BCUT2D eigenvalue weighted by Gasteiger charge is 2.20. The van der Waals surface area contributed by atoms with Crippen LogP contribution in [0.15, 0.2) is 65.8 Å². The second-order valence-electron chi connectivity index (χ2n) is 9.39. The SMILES string of the molecule is CCc1cc(N(C)C2CCCCC2)nc(SCc2cccc(C(=O)N(C)Cc3ccccc3)c2)n1. The smallest absolute Gasteiger partial charge is 0.253 e. The van der Waals surface area contributed by atoms with E-state index in [1.165, 1.54) is 32.1 Å². The standard InChI is InChI=1S/C29H36N4OS/c1-4-25-19-27(33(3)26-16-9-6-10-17-26)31-29(30-25)35-21-23-14-11-15-24(18-23)28(34)32(2)20-22-12-7-5-8-13-22/h5,7-8,11-15,18-19,26H,4,6,9-10,16-17,20-21H2,1-3H3. The molecule has 5 nitrogen and oxygen atoms in total. The van der Waals surface area contributed by atoms with Crippen molar-refractivity contribution in [3.8, 4) is 0 Å². The largest absolute Gasteiger partial charge is 0.357 e. The van der Waals surface area contributed by atoms with Crippen LogP contribution in [0, 0.1) is 0 Å². The predicted molar refractivity (Wildman–Crippen MR) is 145 cm³/mol. The van der Waals surface area contributed by atoms with E-state index in [4.69, 9.17) is 9.97 Å². The Morgan fingerprint density at radius 2 is 1.69 bits per heavy atom. The molecule has 0 spiro atoms. The van der Waals surface area contributed by atoms with Gasteiger partial charge in [0.05, 0.1) is 0 Å². The summed E-state index contributed by atoms with van der Waals surface area (Å²) in [7, 11) is 4.03. The molecule has 35 heavy (non-hydrogen) atoms. The van der Waals surface area contributed by atoms with Crippen molar-refractivity contribution in [3.05, 3.63) is 83.0 Å². The van der Waals surface area contributed by atoms with Crippen LogP contribution in [0.5, 0.6) is 0 Å². The number of aromatic nitrogens is 2. The number of aryl methyl sites for hydroxylation is 1. The maximum atomic E-state index is 13.0. The molecule has 0 N–H and O–H groups in total. The van der Waals surface area contributed by atoms with Crippen molar-refractivity contribution in [3.63, 3.8) is 0 Å². The number of hydrogen-bond donors (Lipinski definition) is 0. The van der Waals surface area contributed by atoms with Crippen LogP contribution in [-0.2, 0) is 18.7 Å². The summed E-state index contributed by atoms with van der Waals surface area (Å²) in [4.78, 5) is 26.8. The highest BCUT2D eigenvalue weighted by molar-refractivity contribution is 7.98. The third-order valence-electron chi connectivity index (χ3n) is 6.74. The summed E-state index contributed by atoms with van der Waals surface area (Å²) in [6.07, 6.45) is 7.32. The van der Waals surface area contributed by atoms with E-state index in [1.807, 2.05) is 55.6 Å². The minimum absolute atomic E-state index is 0.0290. The minimum atomic E-state index is 0.0290. The van der Waals surface area contributed by atoms with Gasteiger partial charge in [-0.25, -0.2) is 9.97 Å². The summed E-state index contributed by atoms with van der Waals surface area (Å²) in [5, 5.41) is 0.805. The van der Waals surface area contributed by atoms with Crippen LogP contribution >= 0.6 is 11.8 Å². The fraction of sp³-hybridized carbons (Fsp3) is 0.414. The van der Waals surface area contributed by atoms with Gasteiger partial charge in [0.15, 0.2) is 5.16 Å². The molecule has 1 aromatic heterocycles. The molecular formula is C29H36N4OS. The molecule has 184 valence electrons. The summed E-state index contributed by atoms with van der Waals surface area (Å²) in [5.74, 6) is 1.78. The number of thioether (sulfide) groups is 1. The fourth-order valence-electron chi connectivity index (χ4n) is 4.63. The van der Waals surface area contributed by atoms with Crippen LogP contribution < -0.4 is 4.90 Å². The lowest BCUT2D eigenvalue weighted by Gasteiger charge is -2.32. The Balaban J connectivity index is 1.43. The van der Waals surface area contributed by atoms with E-state index >= 15 is 0 Å². The number of carbonyl (C=O) groups is 1. The highest BCUT2D eigenvalue weighted by Crippen LogP contribution is 2.28. The van der Waals surface area contributed by atoms with Crippen LogP contribution in [0.2, 0.25) is 0 Å². The summed E-state index contributed by atoms with van der Waals surface area (Å²) >= 11 is 1.64. The summed E-state index contributed by atoms with van der Waals surface area (Å²) < 4.78 is 0. The second kappa shape index (κ2) is 12.2. The summed E-state index contributed by atoms with van der Waals surface area (Å²) in [6.45, 7) is 2.73. The molecule has 1 aliphatic carbocycles. The van der Waals surface area contributed by atoms with Crippen LogP contribution in [0.25, 0.3) is 0 Å². The van der Waals surface area contributed by atoms with Crippen molar-refractivity contribution in [2.45, 2.75) is 68.9 Å². The van der Waals surface area contributed by atoms with Crippen LogP contribution in [0.4, 0.5) is 5.82 Å². The van der Waals surface area contributed by atoms with E-state index in [9.17, 15) is 4.79 Å². The molecule has 6 heteroatoms. The Hall–Kier alpha value is -2.86. The minimum Gasteiger partial charge on any atom is -0.357 e. The number of benzene rings is 2. The van der Waals surface area contributed by atoms with Crippen LogP contribution in [-0.4, -0.2) is 40.9 Å². The maximum Gasteiger partial charge on any atom is 0.253 e. The quantitative estimate of drug-likeness (QED) is 0.259. The van der Waals surface area contributed by atoms with Gasteiger partial charge in [-0.15, -0.1) is 0 Å². The zero-order chi connectivity index (χ0) is 24.6. The van der Waals surface area contributed by atoms with Crippen LogP contribution in [0.1, 0.15) is 66.2 Å². The molecule has 0 atom stereocenters. The lowest BCUT2D eigenvalue weighted by atomic mass is 9.94. The zero-order valence-electron chi connectivity index (χ0n) is 21.1. The first-order valence-electron chi connectivity index (χ1n) is 12.7. The third kappa shape index (κ3) is 6.85. The number of hydrogen-bond acceptors (Lipinski definition) is 5. The Morgan fingerprint density at radius 1 is 0.943 bits per heavy atom. The molecule has 1 aliphatic rings. The number of carbonyl (C=O) groups excluding carboxylic acids is 1. The van der Waals surface area contributed by atoms with Gasteiger partial charge in [-0.2, -0.15) is 0 Å². The van der Waals surface area contributed by atoms with Gasteiger partial charge in [0.2, 0.25) is 0 Å². The predicted octanol–water partition coefficient (Wildman–Crippen LogP) is 6.37. The normalized spacial score (nSPS) is 14.0. The van der Waals surface area contributed by atoms with E-state index in [1.54, 1.807) is 16.7 Å². The van der Waals surface area contributed by atoms with Crippen molar-refractivity contribution in [2.75, 3.05) is 19.0 Å². The Labute approximate surface area is 214 Å². The molecule has 2 aromatic carbocycles. The van der Waals surface area contributed by atoms with Crippen molar-refractivity contribution < 1.29 is 4.79 Å². The Bertz CT molecular complexity index is 1110. The number of rotatable bonds is 9. The third-order valence-corrected chi connectivity index (χ3v) is 7.66. The molecule has 3 aromatic rings.